The van der Waals surface area contributed by atoms with Crippen LogP contribution in [0, 0.1) is 25.2 Å². The normalized spacial score (nSPS) is 10.9. The van der Waals surface area contributed by atoms with Crippen LogP contribution in [0.15, 0.2) is 90.5 Å². The Morgan fingerprint density at radius 3 is 2.35 bits per heavy atom. The van der Waals surface area contributed by atoms with E-state index in [9.17, 15) is 10.1 Å². The summed E-state index contributed by atoms with van der Waals surface area (Å²) >= 11 is 6.18. The fourth-order valence-corrected chi connectivity index (χ4v) is 4.04. The molecule has 0 saturated carbocycles. The summed E-state index contributed by atoms with van der Waals surface area (Å²) in [6, 6.07) is 27.7. The van der Waals surface area contributed by atoms with Gasteiger partial charge in [0.1, 0.15) is 42.1 Å². The lowest BCUT2D eigenvalue weighted by atomic mass is 10.1. The number of nitrogens with zero attached hydrogens (tertiary/aromatic N) is 1. The van der Waals surface area contributed by atoms with Crippen LogP contribution in [0.4, 0.5) is 5.69 Å². The third-order valence-corrected chi connectivity index (χ3v) is 6.68. The Labute approximate surface area is 239 Å². The summed E-state index contributed by atoms with van der Waals surface area (Å²) in [5.41, 5.74) is 5.31. The minimum Gasteiger partial charge on any atom is -0.497 e. The fraction of sp³-hybridized carbons (Fsp3) is 0.152. The molecule has 1 amide bonds. The number of methoxy groups -OCH3 is 1. The molecule has 0 aromatic heterocycles. The first-order valence-corrected chi connectivity index (χ1v) is 13.0. The van der Waals surface area contributed by atoms with Crippen LogP contribution in [0.5, 0.6) is 17.2 Å². The molecule has 0 saturated heterocycles. The number of anilines is 1. The van der Waals surface area contributed by atoms with Crippen molar-refractivity contribution < 1.29 is 19.0 Å². The van der Waals surface area contributed by atoms with Crippen LogP contribution in [0.2, 0.25) is 5.02 Å². The quantitative estimate of drug-likeness (QED) is 0.161. The monoisotopic (exact) mass is 552 g/mol. The number of aryl methyl sites for hydroxylation is 2. The lowest BCUT2D eigenvalue weighted by molar-refractivity contribution is -0.112. The molecule has 7 heteroatoms. The average molecular weight is 553 g/mol. The van der Waals surface area contributed by atoms with Crippen molar-refractivity contribution in [2.75, 3.05) is 12.4 Å². The highest BCUT2D eigenvalue weighted by atomic mass is 35.5. The van der Waals surface area contributed by atoms with Crippen molar-refractivity contribution in [3.8, 4) is 23.3 Å². The van der Waals surface area contributed by atoms with Crippen LogP contribution in [0.1, 0.15) is 27.8 Å². The molecule has 4 aromatic carbocycles. The SMILES string of the molecule is COc1ccc(/C=C(\C#N)C(=O)Nc2ccc(OCc3ccccc3Cl)cc2)c(OCc2ccc(C)c(C)c2)c1. The molecule has 4 aromatic rings. The third-order valence-electron chi connectivity index (χ3n) is 6.32. The van der Waals surface area contributed by atoms with Crippen LogP contribution in [-0.4, -0.2) is 13.0 Å². The number of halogens is 1. The molecule has 0 fully saturated rings. The Bertz CT molecular complexity index is 1570. The summed E-state index contributed by atoms with van der Waals surface area (Å²) in [5, 5.41) is 13.2. The molecule has 1 N–H and O–H groups in total. The smallest absolute Gasteiger partial charge is 0.266 e. The second kappa shape index (κ2) is 13.4. The molecule has 0 atom stereocenters. The van der Waals surface area contributed by atoms with E-state index < -0.39 is 5.91 Å². The number of nitrogens with one attached hydrogen (secondary N) is 1. The van der Waals surface area contributed by atoms with E-state index in [0.29, 0.717) is 46.7 Å². The second-order valence-electron chi connectivity index (χ2n) is 9.14. The lowest BCUT2D eigenvalue weighted by Gasteiger charge is -2.13. The number of rotatable bonds is 10. The molecule has 4 rings (SSSR count). The predicted molar refractivity (Wildman–Crippen MR) is 158 cm³/mol. The molecule has 40 heavy (non-hydrogen) atoms. The Morgan fingerprint density at radius 2 is 1.65 bits per heavy atom. The van der Waals surface area contributed by atoms with E-state index >= 15 is 0 Å². The molecule has 0 spiro atoms. The van der Waals surface area contributed by atoms with Gasteiger partial charge < -0.3 is 19.5 Å². The Balaban J connectivity index is 1.45. The molecule has 0 radical (unpaired) electrons. The van der Waals surface area contributed by atoms with E-state index in [1.54, 1.807) is 49.6 Å². The van der Waals surface area contributed by atoms with Gasteiger partial charge in [-0.2, -0.15) is 5.26 Å². The van der Waals surface area contributed by atoms with Gasteiger partial charge in [-0.1, -0.05) is 48.0 Å². The highest BCUT2D eigenvalue weighted by Crippen LogP contribution is 2.28. The maximum atomic E-state index is 13.0. The van der Waals surface area contributed by atoms with E-state index in [4.69, 9.17) is 25.8 Å². The van der Waals surface area contributed by atoms with Crippen molar-refractivity contribution in [3.05, 3.63) is 123 Å². The highest BCUT2D eigenvalue weighted by molar-refractivity contribution is 6.31. The first-order valence-electron chi connectivity index (χ1n) is 12.6. The number of benzene rings is 4. The first kappa shape index (κ1) is 28.3. The number of hydrogen-bond donors (Lipinski definition) is 1. The molecule has 0 unspecified atom stereocenters. The second-order valence-corrected chi connectivity index (χ2v) is 9.55. The summed E-state index contributed by atoms with van der Waals surface area (Å²) in [6.07, 6.45) is 1.51. The van der Waals surface area contributed by atoms with Gasteiger partial charge in [-0.3, -0.25) is 4.79 Å². The van der Waals surface area contributed by atoms with E-state index in [1.165, 1.54) is 17.2 Å². The van der Waals surface area contributed by atoms with Crippen LogP contribution >= 0.6 is 11.6 Å². The molecular formula is C33H29ClN2O4. The van der Waals surface area contributed by atoms with E-state index in [0.717, 1.165) is 11.1 Å². The Hall–Kier alpha value is -4.73. The Kier molecular flexibility index (Phi) is 9.45. The molecular weight excluding hydrogens is 524 g/mol. The van der Waals surface area contributed by atoms with Crippen molar-refractivity contribution in [2.45, 2.75) is 27.1 Å². The van der Waals surface area contributed by atoms with Gasteiger partial charge in [0.05, 0.1) is 7.11 Å². The number of amides is 1. The molecule has 6 nitrogen and oxygen atoms in total. The molecule has 0 aliphatic heterocycles. The van der Waals surface area contributed by atoms with Gasteiger partial charge in [-0.15, -0.1) is 0 Å². The summed E-state index contributed by atoms with van der Waals surface area (Å²) < 4.78 is 17.2. The zero-order valence-corrected chi connectivity index (χ0v) is 23.3. The minimum atomic E-state index is -0.539. The van der Waals surface area contributed by atoms with Crippen LogP contribution < -0.4 is 19.5 Å². The van der Waals surface area contributed by atoms with Crippen molar-refractivity contribution >= 4 is 29.3 Å². The van der Waals surface area contributed by atoms with Crippen LogP contribution in [0.3, 0.4) is 0 Å². The summed E-state index contributed by atoms with van der Waals surface area (Å²) in [5.74, 6) is 1.19. The van der Waals surface area contributed by atoms with Crippen molar-refractivity contribution in [1.29, 1.82) is 5.26 Å². The average Bonchev–Trinajstić information content (AvgIpc) is 2.97. The first-order chi connectivity index (χ1) is 19.4. The van der Waals surface area contributed by atoms with Gasteiger partial charge in [-0.05, 0) is 79.1 Å². The van der Waals surface area contributed by atoms with Crippen molar-refractivity contribution in [2.24, 2.45) is 0 Å². The van der Waals surface area contributed by atoms with Gasteiger partial charge >= 0.3 is 0 Å². The molecule has 202 valence electrons. The van der Waals surface area contributed by atoms with Crippen molar-refractivity contribution in [3.63, 3.8) is 0 Å². The maximum Gasteiger partial charge on any atom is 0.266 e. The van der Waals surface area contributed by atoms with E-state index in [-0.39, 0.29) is 5.57 Å². The van der Waals surface area contributed by atoms with Gasteiger partial charge in [0.25, 0.3) is 5.91 Å². The number of carbonyl (C=O) groups is 1. The Morgan fingerprint density at radius 1 is 0.900 bits per heavy atom. The van der Waals surface area contributed by atoms with E-state index in [1.807, 2.05) is 36.4 Å². The van der Waals surface area contributed by atoms with E-state index in [2.05, 4.69) is 31.3 Å². The summed E-state index contributed by atoms with van der Waals surface area (Å²) in [6.45, 7) is 4.76. The molecule has 0 aliphatic carbocycles. The predicted octanol–water partition coefficient (Wildman–Crippen LogP) is 7.67. The zero-order valence-electron chi connectivity index (χ0n) is 22.5. The molecule has 0 aliphatic rings. The largest absolute Gasteiger partial charge is 0.497 e. The number of hydrogen-bond acceptors (Lipinski definition) is 5. The summed E-state index contributed by atoms with van der Waals surface area (Å²) in [7, 11) is 1.57. The number of nitriles is 1. The lowest BCUT2D eigenvalue weighted by Crippen LogP contribution is -2.13. The number of ether oxygens (including phenoxy) is 3. The van der Waals surface area contributed by atoms with Crippen LogP contribution in [-0.2, 0) is 18.0 Å². The van der Waals surface area contributed by atoms with Gasteiger partial charge in [0.15, 0.2) is 0 Å². The van der Waals surface area contributed by atoms with Gasteiger partial charge in [-0.25, -0.2) is 0 Å². The maximum absolute atomic E-state index is 13.0. The topological polar surface area (TPSA) is 80.6 Å². The fourth-order valence-electron chi connectivity index (χ4n) is 3.85. The third kappa shape index (κ3) is 7.43. The van der Waals surface area contributed by atoms with Crippen molar-refractivity contribution in [1.82, 2.24) is 0 Å². The molecule has 0 heterocycles. The van der Waals surface area contributed by atoms with Gasteiger partial charge in [0, 0.05) is 27.9 Å². The molecule has 0 bridgehead atoms. The highest BCUT2D eigenvalue weighted by Gasteiger charge is 2.13. The van der Waals surface area contributed by atoms with Gasteiger partial charge in [0.2, 0.25) is 0 Å². The summed E-state index contributed by atoms with van der Waals surface area (Å²) in [4.78, 5) is 13.0. The number of carbonyl (C=O) groups excluding carboxylic acids is 1. The minimum absolute atomic E-state index is 0.0692. The zero-order chi connectivity index (χ0) is 28.5. The van der Waals surface area contributed by atoms with Crippen LogP contribution in [0.25, 0.3) is 6.08 Å². The standard InChI is InChI=1S/C33H29ClN2O4/c1-22-8-9-24(16-23(22)2)20-40-32-18-30(38-3)13-10-25(32)17-27(19-35)33(37)36-28-11-14-29(15-12-28)39-21-26-6-4-5-7-31(26)34/h4-18H,20-21H2,1-3H3,(H,36,37)/b27-17+.